The van der Waals surface area contributed by atoms with Crippen molar-refractivity contribution in [2.45, 2.75) is 61.4 Å². The largest absolute Gasteiger partial charge is 0.397 e. The van der Waals surface area contributed by atoms with E-state index in [9.17, 15) is 44.2 Å². The molecule has 160 valence electrons. The molecule has 15 heteroatoms. The lowest BCUT2D eigenvalue weighted by Crippen LogP contribution is -2.64. The van der Waals surface area contributed by atoms with Gasteiger partial charge in [-0.05, 0) is 0 Å². The van der Waals surface area contributed by atoms with Gasteiger partial charge in [-0.1, -0.05) is 0 Å². The molecule has 0 aromatic carbocycles. The average molecular weight is 422 g/mol. The predicted octanol–water partition coefficient (Wildman–Crippen LogP) is -5.57. The van der Waals surface area contributed by atoms with Gasteiger partial charge in [-0.3, -0.25) is 4.55 Å². The van der Waals surface area contributed by atoms with Crippen LogP contribution < -0.4 is 0 Å². The van der Waals surface area contributed by atoms with Gasteiger partial charge in [0.2, 0.25) is 0 Å². The molecule has 0 aliphatic carbocycles. The van der Waals surface area contributed by atoms with Gasteiger partial charge >= 0.3 is 10.4 Å². The summed E-state index contributed by atoms with van der Waals surface area (Å²) in [5, 5.41) is 68.1. The van der Waals surface area contributed by atoms with E-state index < -0.39 is 85.0 Å². The minimum atomic E-state index is -4.89. The lowest BCUT2D eigenvalue weighted by atomic mass is 9.97. The van der Waals surface area contributed by atoms with Crippen molar-refractivity contribution >= 4 is 10.4 Å². The van der Waals surface area contributed by atoms with Gasteiger partial charge in [0, 0.05) is 0 Å². The van der Waals surface area contributed by atoms with Crippen LogP contribution in [0.5, 0.6) is 0 Å². The van der Waals surface area contributed by atoms with Gasteiger partial charge in [0.25, 0.3) is 0 Å². The zero-order valence-electron chi connectivity index (χ0n) is 13.6. The van der Waals surface area contributed by atoms with Crippen LogP contribution in [0.25, 0.3) is 0 Å². The highest BCUT2D eigenvalue weighted by molar-refractivity contribution is 7.80. The van der Waals surface area contributed by atoms with E-state index in [1.807, 2.05) is 0 Å². The number of ether oxygens (including phenoxy) is 3. The fraction of sp³-hybridized carbons (Fsp3) is 1.00. The van der Waals surface area contributed by atoms with Crippen LogP contribution in [0.3, 0.4) is 0 Å². The minimum absolute atomic E-state index is 0.769. The molecule has 0 radical (unpaired) electrons. The Kier molecular flexibility index (Phi) is 7.47. The van der Waals surface area contributed by atoms with Crippen molar-refractivity contribution in [2.24, 2.45) is 0 Å². The second-order valence-corrected chi connectivity index (χ2v) is 7.15. The highest BCUT2D eigenvalue weighted by atomic mass is 32.3. The van der Waals surface area contributed by atoms with Crippen LogP contribution in [0.4, 0.5) is 0 Å². The zero-order chi connectivity index (χ0) is 20.5. The van der Waals surface area contributed by atoms with Gasteiger partial charge in [0.1, 0.15) is 48.8 Å². The summed E-state index contributed by atoms with van der Waals surface area (Å²) in [7, 11) is -4.89. The first-order valence-corrected chi connectivity index (χ1v) is 9.10. The highest BCUT2D eigenvalue weighted by Gasteiger charge is 2.50. The number of hydrogen-bond acceptors (Lipinski definition) is 13. The van der Waals surface area contributed by atoms with E-state index in [0.29, 0.717) is 0 Å². The molecule has 2 heterocycles. The molecule has 8 N–H and O–H groups in total. The smallest absolute Gasteiger partial charge is 0.394 e. The number of aliphatic hydroxyl groups is 7. The number of rotatable bonds is 6. The molecule has 0 saturated carbocycles. The fourth-order valence-electron chi connectivity index (χ4n) is 2.71. The lowest BCUT2D eigenvalue weighted by Gasteiger charge is -2.45. The second-order valence-electron chi connectivity index (χ2n) is 6.06. The molecule has 10 atom stereocenters. The first-order valence-electron chi connectivity index (χ1n) is 7.73. The molecule has 0 amide bonds. The Hall–Kier alpha value is -0.530. The second kappa shape index (κ2) is 8.87. The summed E-state index contributed by atoms with van der Waals surface area (Å²) in [6.45, 7) is -1.72. The van der Waals surface area contributed by atoms with Gasteiger partial charge in [-0.15, -0.1) is 0 Å². The Balaban J connectivity index is 2.12. The van der Waals surface area contributed by atoms with Crippen molar-refractivity contribution in [1.82, 2.24) is 0 Å². The van der Waals surface area contributed by atoms with Crippen LogP contribution in [-0.4, -0.2) is 123 Å². The monoisotopic (exact) mass is 422 g/mol. The van der Waals surface area contributed by atoms with Gasteiger partial charge < -0.3 is 50.0 Å². The van der Waals surface area contributed by atoms with Crippen molar-refractivity contribution in [3.63, 3.8) is 0 Å². The number of aliphatic hydroxyl groups excluding tert-OH is 7. The summed E-state index contributed by atoms with van der Waals surface area (Å²) >= 11 is 0. The Morgan fingerprint density at radius 2 is 1.44 bits per heavy atom. The molecule has 2 aliphatic rings. The standard InChI is InChI=1S/C12H22O14S/c13-1-3-10(7(16)8(17)11(19)24-3)26-12-9(18)6(15)5(14)4(25-12)2-23-27(20,21)22/h3-19H,1-2H2,(H,20,21,22)/t3-,4-,5-,6+,7-,8-,9-,10-,11+,12+/m1/s1. The topological polar surface area (TPSA) is 233 Å². The lowest BCUT2D eigenvalue weighted by molar-refractivity contribution is -0.354. The SMILES string of the molecule is O=S(=O)(O)OC[C@H]1O[C@@H](O[C@H]2[C@H](O)[C@@H](O)[C@@H](O)O[C@@H]2CO)[C@H](O)[C@@H](O)[C@@H]1O. The normalized spacial score (nSPS) is 46.4. The maximum atomic E-state index is 10.6. The third-order valence-corrected chi connectivity index (χ3v) is 4.61. The van der Waals surface area contributed by atoms with Crippen molar-refractivity contribution in [2.75, 3.05) is 13.2 Å². The Labute approximate surface area is 153 Å². The Morgan fingerprint density at radius 3 is 2.00 bits per heavy atom. The molecule has 27 heavy (non-hydrogen) atoms. The summed E-state index contributed by atoms with van der Waals surface area (Å²) in [6.07, 6.45) is -17.3. The van der Waals surface area contributed by atoms with Crippen molar-refractivity contribution < 1.29 is 67.1 Å². The molecule has 0 aromatic heterocycles. The minimum Gasteiger partial charge on any atom is -0.394 e. The van der Waals surface area contributed by atoms with Crippen LogP contribution in [-0.2, 0) is 28.8 Å². The molecule has 0 aromatic rings. The van der Waals surface area contributed by atoms with Crippen LogP contribution >= 0.6 is 0 Å². The zero-order valence-corrected chi connectivity index (χ0v) is 14.4. The molecular weight excluding hydrogens is 400 g/mol. The van der Waals surface area contributed by atoms with Crippen molar-refractivity contribution in [3.05, 3.63) is 0 Å². The summed E-state index contributed by atoms with van der Waals surface area (Å²) in [5.41, 5.74) is 0. The number of hydrogen-bond donors (Lipinski definition) is 8. The first-order chi connectivity index (χ1) is 12.5. The summed E-state index contributed by atoms with van der Waals surface area (Å²) in [5.74, 6) is 0. The Morgan fingerprint density at radius 1 is 0.815 bits per heavy atom. The van der Waals surface area contributed by atoms with E-state index in [-0.39, 0.29) is 0 Å². The Bertz CT molecular complexity index is 583. The maximum absolute atomic E-state index is 10.6. The van der Waals surface area contributed by atoms with Crippen LogP contribution in [0, 0.1) is 0 Å². The van der Waals surface area contributed by atoms with Gasteiger partial charge in [0.05, 0.1) is 13.2 Å². The molecule has 2 aliphatic heterocycles. The van der Waals surface area contributed by atoms with Crippen LogP contribution in [0.2, 0.25) is 0 Å². The molecular formula is C12H22O14S. The highest BCUT2D eigenvalue weighted by Crippen LogP contribution is 2.28. The maximum Gasteiger partial charge on any atom is 0.397 e. The molecule has 0 bridgehead atoms. The van der Waals surface area contributed by atoms with Crippen LogP contribution in [0.15, 0.2) is 0 Å². The average Bonchev–Trinajstić information content (AvgIpc) is 2.60. The first kappa shape index (κ1) is 22.8. The fourth-order valence-corrected chi connectivity index (χ4v) is 3.02. The molecule has 14 nitrogen and oxygen atoms in total. The van der Waals surface area contributed by atoms with Crippen molar-refractivity contribution in [1.29, 1.82) is 0 Å². The molecule has 2 fully saturated rings. The molecule has 0 unspecified atom stereocenters. The van der Waals surface area contributed by atoms with E-state index in [0.717, 1.165) is 0 Å². The summed E-state index contributed by atoms with van der Waals surface area (Å²) in [6, 6.07) is 0. The summed E-state index contributed by atoms with van der Waals surface area (Å²) < 4.78 is 49.1. The quantitative estimate of drug-likeness (QED) is 0.186. The third-order valence-electron chi connectivity index (χ3n) is 4.18. The van der Waals surface area contributed by atoms with Gasteiger partial charge in [-0.2, -0.15) is 8.42 Å². The van der Waals surface area contributed by atoms with E-state index in [1.165, 1.54) is 0 Å². The van der Waals surface area contributed by atoms with E-state index >= 15 is 0 Å². The van der Waals surface area contributed by atoms with E-state index in [4.69, 9.17) is 18.8 Å². The molecule has 2 saturated heterocycles. The van der Waals surface area contributed by atoms with E-state index in [2.05, 4.69) is 4.18 Å². The molecule has 2 rings (SSSR count). The van der Waals surface area contributed by atoms with Crippen LogP contribution in [0.1, 0.15) is 0 Å². The summed E-state index contributed by atoms with van der Waals surface area (Å²) in [4.78, 5) is 0. The molecule has 0 spiro atoms. The van der Waals surface area contributed by atoms with E-state index in [1.54, 1.807) is 0 Å². The predicted molar refractivity (Wildman–Crippen MR) is 79.0 cm³/mol. The van der Waals surface area contributed by atoms with Gasteiger partial charge in [0.15, 0.2) is 12.6 Å². The third kappa shape index (κ3) is 5.30. The van der Waals surface area contributed by atoms with Gasteiger partial charge in [-0.25, -0.2) is 4.18 Å². The van der Waals surface area contributed by atoms with Crippen molar-refractivity contribution in [3.8, 4) is 0 Å².